The van der Waals surface area contributed by atoms with E-state index >= 15 is 0 Å². The lowest BCUT2D eigenvalue weighted by Crippen LogP contribution is -2.51. The number of hydrogen-bond donors (Lipinski definition) is 0. The number of methoxy groups -OCH3 is 1. The molecule has 140 valence electrons. The van der Waals surface area contributed by atoms with Crippen molar-refractivity contribution in [2.45, 2.75) is 32.4 Å². The average Bonchev–Trinajstić information content (AvgIpc) is 2.63. The van der Waals surface area contributed by atoms with Crippen LogP contribution >= 0.6 is 11.6 Å². The topological polar surface area (TPSA) is 19.0 Å². The molecule has 1 aromatic rings. The van der Waals surface area contributed by atoms with E-state index in [9.17, 15) is 0 Å². The molecule has 0 amide bonds. The molecule has 3 rings (SSSR count). The Hall–Kier alpha value is -0.810. The molecule has 4 nitrogen and oxygen atoms in total. The number of halogens is 1. The molecule has 2 saturated heterocycles. The molecule has 1 aromatic carbocycles. The quantitative estimate of drug-likeness (QED) is 0.797. The summed E-state index contributed by atoms with van der Waals surface area (Å²) in [6.45, 7) is 10.7. The third-order valence-corrected chi connectivity index (χ3v) is 6.35. The zero-order chi connectivity index (χ0) is 17.8. The minimum atomic E-state index is 0.707. The Morgan fingerprint density at radius 2 is 1.80 bits per heavy atom. The molecular weight excluding hydrogens is 334 g/mol. The highest BCUT2D eigenvalue weighted by molar-refractivity contribution is 6.32. The van der Waals surface area contributed by atoms with Crippen molar-refractivity contribution in [2.24, 2.45) is 5.92 Å². The third kappa shape index (κ3) is 4.88. The number of nitrogens with zero attached hydrogens (tertiary/aromatic N) is 3. The number of ether oxygens (including phenoxy) is 1. The number of piperazine rings is 1. The van der Waals surface area contributed by atoms with E-state index in [0.717, 1.165) is 18.2 Å². The zero-order valence-corrected chi connectivity index (χ0v) is 16.6. The summed E-state index contributed by atoms with van der Waals surface area (Å²) < 4.78 is 5.24. The van der Waals surface area contributed by atoms with Gasteiger partial charge >= 0.3 is 0 Å². The smallest absolute Gasteiger partial charge is 0.137 e. The number of likely N-dealkylation sites (tertiary alicyclic amines) is 1. The molecule has 25 heavy (non-hydrogen) atoms. The highest BCUT2D eigenvalue weighted by Crippen LogP contribution is 2.28. The number of piperidine rings is 1. The Morgan fingerprint density at radius 3 is 2.40 bits per heavy atom. The number of hydrogen-bond acceptors (Lipinski definition) is 4. The van der Waals surface area contributed by atoms with Gasteiger partial charge in [0.2, 0.25) is 0 Å². The molecule has 0 aliphatic carbocycles. The van der Waals surface area contributed by atoms with Crippen LogP contribution < -0.4 is 4.74 Å². The average molecular weight is 366 g/mol. The van der Waals surface area contributed by atoms with Gasteiger partial charge in [-0.3, -0.25) is 9.80 Å². The van der Waals surface area contributed by atoms with Gasteiger partial charge in [-0.05, 0) is 63.5 Å². The number of likely N-dealkylation sites (N-methyl/N-ethyl adjacent to an activating group) is 1. The van der Waals surface area contributed by atoms with Crippen molar-refractivity contribution in [2.75, 3.05) is 53.4 Å². The van der Waals surface area contributed by atoms with Crippen LogP contribution in [0.1, 0.15) is 25.3 Å². The molecular formula is C20H32ClN3O. The lowest BCUT2D eigenvalue weighted by molar-refractivity contribution is 0.0598. The SMILES string of the molecule is COc1ccc(CN2CCC([C@@H](C)N3CCN(C)CC3)CC2)cc1Cl. The Morgan fingerprint density at radius 1 is 1.12 bits per heavy atom. The monoisotopic (exact) mass is 365 g/mol. The van der Waals surface area contributed by atoms with Crippen molar-refractivity contribution >= 4 is 11.6 Å². The summed E-state index contributed by atoms with van der Waals surface area (Å²) in [5.41, 5.74) is 1.27. The van der Waals surface area contributed by atoms with Crippen LogP contribution in [0.25, 0.3) is 0 Å². The van der Waals surface area contributed by atoms with Crippen LogP contribution in [0.15, 0.2) is 18.2 Å². The molecule has 0 bridgehead atoms. The van der Waals surface area contributed by atoms with Crippen LogP contribution in [0.4, 0.5) is 0 Å². The summed E-state index contributed by atoms with van der Waals surface area (Å²) in [5, 5.41) is 0.707. The highest BCUT2D eigenvalue weighted by Gasteiger charge is 2.29. The molecule has 5 heteroatoms. The maximum absolute atomic E-state index is 6.26. The predicted octanol–water partition coefficient (Wildman–Crippen LogP) is 3.20. The van der Waals surface area contributed by atoms with Crippen LogP contribution in [0.3, 0.4) is 0 Å². The van der Waals surface area contributed by atoms with E-state index in [0.29, 0.717) is 11.1 Å². The van der Waals surface area contributed by atoms with Crippen molar-refractivity contribution in [3.05, 3.63) is 28.8 Å². The van der Waals surface area contributed by atoms with Crippen LogP contribution in [0.2, 0.25) is 5.02 Å². The Balaban J connectivity index is 1.47. The van der Waals surface area contributed by atoms with Crippen LogP contribution in [-0.4, -0.2) is 74.2 Å². The molecule has 2 aliphatic heterocycles. The largest absolute Gasteiger partial charge is 0.495 e. The fraction of sp³-hybridized carbons (Fsp3) is 0.700. The van der Waals surface area contributed by atoms with Gasteiger partial charge in [0.25, 0.3) is 0 Å². The highest BCUT2D eigenvalue weighted by atomic mass is 35.5. The van der Waals surface area contributed by atoms with E-state index in [1.807, 2.05) is 12.1 Å². The normalized spacial score (nSPS) is 22.9. The molecule has 2 heterocycles. The van der Waals surface area contributed by atoms with Gasteiger partial charge in [0.15, 0.2) is 0 Å². The molecule has 0 aromatic heterocycles. The summed E-state index contributed by atoms with van der Waals surface area (Å²) >= 11 is 6.26. The van der Waals surface area contributed by atoms with Crippen molar-refractivity contribution in [1.82, 2.24) is 14.7 Å². The van der Waals surface area contributed by atoms with Crippen molar-refractivity contribution in [3.63, 3.8) is 0 Å². The lowest BCUT2D eigenvalue weighted by Gasteiger charge is -2.42. The first-order valence-corrected chi connectivity index (χ1v) is 9.92. The first-order valence-electron chi connectivity index (χ1n) is 9.54. The van der Waals surface area contributed by atoms with E-state index in [-0.39, 0.29) is 0 Å². The molecule has 0 N–H and O–H groups in total. The summed E-state index contributed by atoms with van der Waals surface area (Å²) in [7, 11) is 3.89. The van der Waals surface area contributed by atoms with Gasteiger partial charge in [-0.1, -0.05) is 17.7 Å². The Labute approximate surface area is 157 Å². The van der Waals surface area contributed by atoms with Gasteiger partial charge in [0.1, 0.15) is 5.75 Å². The maximum atomic E-state index is 6.26. The minimum Gasteiger partial charge on any atom is -0.495 e. The van der Waals surface area contributed by atoms with Crippen LogP contribution in [0, 0.1) is 5.92 Å². The molecule has 2 fully saturated rings. The second kappa shape index (κ2) is 8.72. The minimum absolute atomic E-state index is 0.707. The maximum Gasteiger partial charge on any atom is 0.137 e. The Kier molecular flexibility index (Phi) is 6.61. The van der Waals surface area contributed by atoms with E-state index in [4.69, 9.17) is 16.3 Å². The van der Waals surface area contributed by atoms with Crippen molar-refractivity contribution in [1.29, 1.82) is 0 Å². The van der Waals surface area contributed by atoms with Gasteiger partial charge in [-0.15, -0.1) is 0 Å². The second-order valence-electron chi connectivity index (χ2n) is 7.66. The van der Waals surface area contributed by atoms with Gasteiger partial charge in [-0.25, -0.2) is 0 Å². The number of benzene rings is 1. The zero-order valence-electron chi connectivity index (χ0n) is 15.9. The summed E-state index contributed by atoms with van der Waals surface area (Å²) in [4.78, 5) is 7.70. The van der Waals surface area contributed by atoms with Crippen molar-refractivity contribution < 1.29 is 4.74 Å². The standard InChI is InChI=1S/C20H32ClN3O/c1-16(24-12-10-22(2)11-13-24)18-6-8-23(9-7-18)15-17-4-5-20(25-3)19(21)14-17/h4-5,14,16,18H,6-13,15H2,1-3H3/t16-/m1/s1. The predicted molar refractivity (Wildman–Crippen MR) is 105 cm³/mol. The van der Waals surface area contributed by atoms with E-state index < -0.39 is 0 Å². The van der Waals surface area contributed by atoms with Gasteiger partial charge < -0.3 is 9.64 Å². The van der Waals surface area contributed by atoms with Gasteiger partial charge in [0, 0.05) is 38.8 Å². The summed E-state index contributed by atoms with van der Waals surface area (Å²) in [6, 6.07) is 6.86. The first kappa shape index (κ1) is 19.0. The van der Waals surface area contributed by atoms with E-state index in [1.165, 1.54) is 57.7 Å². The molecule has 0 radical (unpaired) electrons. The molecule has 0 saturated carbocycles. The molecule has 0 spiro atoms. The van der Waals surface area contributed by atoms with Crippen LogP contribution in [-0.2, 0) is 6.54 Å². The second-order valence-corrected chi connectivity index (χ2v) is 8.07. The van der Waals surface area contributed by atoms with Gasteiger partial charge in [-0.2, -0.15) is 0 Å². The van der Waals surface area contributed by atoms with Crippen molar-refractivity contribution in [3.8, 4) is 5.75 Å². The number of rotatable bonds is 5. The van der Waals surface area contributed by atoms with Crippen LogP contribution in [0.5, 0.6) is 5.75 Å². The first-order chi connectivity index (χ1) is 12.1. The lowest BCUT2D eigenvalue weighted by atomic mass is 9.89. The van der Waals surface area contributed by atoms with Gasteiger partial charge in [0.05, 0.1) is 12.1 Å². The third-order valence-electron chi connectivity index (χ3n) is 6.05. The molecule has 2 aliphatic rings. The Bertz CT molecular complexity index is 552. The fourth-order valence-electron chi connectivity index (χ4n) is 4.19. The molecule has 0 unspecified atom stereocenters. The molecule has 1 atom stereocenters. The summed E-state index contributed by atoms with van der Waals surface area (Å²) in [5.74, 6) is 1.59. The summed E-state index contributed by atoms with van der Waals surface area (Å²) in [6.07, 6.45) is 2.61. The van der Waals surface area contributed by atoms with E-state index in [2.05, 4.69) is 34.7 Å². The van der Waals surface area contributed by atoms with E-state index in [1.54, 1.807) is 7.11 Å². The fourth-order valence-corrected chi connectivity index (χ4v) is 4.47.